The van der Waals surface area contributed by atoms with Gasteiger partial charge in [-0.05, 0) is 49.5 Å². The van der Waals surface area contributed by atoms with Crippen molar-refractivity contribution in [1.82, 2.24) is 14.3 Å². The highest BCUT2D eigenvalue weighted by atomic mass is 32.1. The van der Waals surface area contributed by atoms with Gasteiger partial charge in [-0.2, -0.15) is 0 Å². The topological polar surface area (TPSA) is 38.5 Å². The van der Waals surface area contributed by atoms with Crippen LogP contribution in [0.2, 0.25) is 0 Å². The number of aromatic nitrogens is 3. The Labute approximate surface area is 167 Å². The first kappa shape index (κ1) is 18.1. The van der Waals surface area contributed by atoms with Gasteiger partial charge in [-0.3, -0.25) is 4.57 Å². The van der Waals surface area contributed by atoms with Crippen LogP contribution in [0.5, 0.6) is 0 Å². The van der Waals surface area contributed by atoms with E-state index < -0.39 is 11.6 Å². The zero-order chi connectivity index (χ0) is 19.3. The van der Waals surface area contributed by atoms with Gasteiger partial charge in [-0.25, -0.2) is 13.5 Å². The Kier molecular flexibility index (Phi) is 4.59. The first-order valence-electron chi connectivity index (χ1n) is 9.87. The number of benzene rings is 1. The molecule has 1 saturated carbocycles. The van der Waals surface area contributed by atoms with E-state index in [2.05, 4.69) is 9.47 Å². The van der Waals surface area contributed by atoms with E-state index in [-0.39, 0.29) is 0 Å². The predicted octanol–water partition coefficient (Wildman–Crippen LogP) is 3.27. The second-order valence-electron chi connectivity index (χ2n) is 7.69. The van der Waals surface area contributed by atoms with Crippen LogP contribution in [0.4, 0.5) is 20.4 Å². The number of nitrogens with zero attached hydrogens (tertiary/aromatic N) is 5. The van der Waals surface area contributed by atoms with Crippen LogP contribution in [0.3, 0.4) is 0 Å². The quantitative estimate of drug-likeness (QED) is 0.728. The van der Waals surface area contributed by atoms with Gasteiger partial charge in [0.2, 0.25) is 10.7 Å². The fraction of sp³-hybridized carbons (Fsp3) is 0.579. The van der Waals surface area contributed by atoms with Crippen molar-refractivity contribution >= 4 is 23.9 Å². The number of rotatable bonds is 4. The highest BCUT2D eigenvalue weighted by Crippen LogP contribution is 2.39. The average molecular weight is 407 g/mol. The van der Waals surface area contributed by atoms with Gasteiger partial charge >= 0.3 is 0 Å². The Morgan fingerprint density at radius 3 is 2.68 bits per heavy atom. The van der Waals surface area contributed by atoms with E-state index in [1.54, 1.807) is 4.68 Å². The first-order chi connectivity index (χ1) is 13.6. The van der Waals surface area contributed by atoms with Crippen molar-refractivity contribution in [2.75, 3.05) is 42.6 Å². The van der Waals surface area contributed by atoms with Crippen LogP contribution in [-0.4, -0.2) is 47.2 Å². The summed E-state index contributed by atoms with van der Waals surface area (Å²) in [6.45, 7) is 4.00. The van der Waals surface area contributed by atoms with Crippen molar-refractivity contribution in [1.29, 1.82) is 0 Å². The third kappa shape index (κ3) is 3.20. The number of morpholine rings is 1. The molecule has 6 nitrogen and oxygen atoms in total. The van der Waals surface area contributed by atoms with Gasteiger partial charge in [-0.1, -0.05) is 0 Å². The van der Waals surface area contributed by atoms with Crippen molar-refractivity contribution in [3.63, 3.8) is 0 Å². The first-order valence-corrected chi connectivity index (χ1v) is 10.3. The number of ether oxygens (including phenoxy) is 1. The van der Waals surface area contributed by atoms with Crippen molar-refractivity contribution in [2.24, 2.45) is 0 Å². The number of aryl methyl sites for hydroxylation is 1. The molecule has 0 atom stereocenters. The summed E-state index contributed by atoms with van der Waals surface area (Å²) in [5.41, 5.74) is 1.19. The molecular weight excluding hydrogens is 384 g/mol. The minimum absolute atomic E-state index is 0.367. The Hall–Kier alpha value is -2.00. The summed E-state index contributed by atoms with van der Waals surface area (Å²) in [7, 11) is 0. The lowest BCUT2D eigenvalue weighted by atomic mass is 10.0. The lowest BCUT2D eigenvalue weighted by Gasteiger charge is -2.31. The normalized spacial score (nSPS) is 19.8. The fourth-order valence-electron chi connectivity index (χ4n) is 4.17. The van der Waals surface area contributed by atoms with Crippen LogP contribution in [0.15, 0.2) is 12.1 Å². The third-order valence-electron chi connectivity index (χ3n) is 5.66. The maximum atomic E-state index is 14.5. The zero-order valence-corrected chi connectivity index (χ0v) is 16.4. The van der Waals surface area contributed by atoms with Crippen molar-refractivity contribution in [3.05, 3.63) is 34.1 Å². The van der Waals surface area contributed by atoms with E-state index in [1.165, 1.54) is 6.07 Å². The molecule has 0 radical (unpaired) electrons. The molecular formula is C19H23F2N5OS. The molecule has 0 unspecified atom stereocenters. The third-order valence-corrected chi connectivity index (χ3v) is 6.07. The number of fused-ring (bicyclic) bond motifs is 1. The minimum Gasteiger partial charge on any atom is -0.378 e. The second-order valence-corrected chi connectivity index (χ2v) is 8.05. The SMILES string of the molecule is Fc1cc(F)c2c(c1)CCCN2Cn1nc(N2CCOCC2)n(C2CC2)c1=S. The van der Waals surface area contributed by atoms with E-state index in [0.717, 1.165) is 44.4 Å². The number of hydrogen-bond donors (Lipinski definition) is 0. The summed E-state index contributed by atoms with van der Waals surface area (Å²) in [6.07, 6.45) is 3.75. The largest absolute Gasteiger partial charge is 0.378 e. The molecule has 1 aromatic heterocycles. The van der Waals surface area contributed by atoms with E-state index in [9.17, 15) is 8.78 Å². The molecule has 150 valence electrons. The van der Waals surface area contributed by atoms with Crippen LogP contribution < -0.4 is 9.80 Å². The monoisotopic (exact) mass is 407 g/mol. The van der Waals surface area contributed by atoms with Gasteiger partial charge in [-0.15, -0.1) is 5.10 Å². The second kappa shape index (κ2) is 7.11. The summed E-state index contributed by atoms with van der Waals surface area (Å²) in [4.78, 5) is 4.14. The molecule has 28 heavy (non-hydrogen) atoms. The Balaban J connectivity index is 1.49. The molecule has 9 heteroatoms. The van der Waals surface area contributed by atoms with E-state index in [4.69, 9.17) is 22.1 Å². The van der Waals surface area contributed by atoms with Gasteiger partial charge in [0.25, 0.3) is 0 Å². The molecule has 2 fully saturated rings. The molecule has 0 bridgehead atoms. The summed E-state index contributed by atoms with van der Waals surface area (Å²) >= 11 is 5.74. The van der Waals surface area contributed by atoms with Gasteiger partial charge in [0.1, 0.15) is 18.3 Å². The fourth-order valence-corrected chi connectivity index (χ4v) is 4.50. The summed E-state index contributed by atoms with van der Waals surface area (Å²) < 4.78 is 38.2. The van der Waals surface area contributed by atoms with Gasteiger partial charge < -0.3 is 14.5 Å². The molecule has 1 saturated heterocycles. The molecule has 0 N–H and O–H groups in total. The molecule has 3 aliphatic rings. The minimum atomic E-state index is -0.526. The lowest BCUT2D eigenvalue weighted by Crippen LogP contribution is -2.38. The molecule has 1 aromatic carbocycles. The zero-order valence-electron chi connectivity index (χ0n) is 15.6. The van der Waals surface area contributed by atoms with E-state index in [1.807, 2.05) is 4.90 Å². The van der Waals surface area contributed by atoms with Crippen molar-refractivity contribution in [3.8, 4) is 0 Å². The van der Waals surface area contributed by atoms with Crippen LogP contribution in [0.1, 0.15) is 30.9 Å². The smallest absolute Gasteiger partial charge is 0.226 e. The molecule has 1 aliphatic carbocycles. The van der Waals surface area contributed by atoms with Crippen LogP contribution in [0.25, 0.3) is 0 Å². The molecule has 0 spiro atoms. The highest BCUT2D eigenvalue weighted by molar-refractivity contribution is 7.71. The van der Waals surface area contributed by atoms with Gasteiger partial charge in [0, 0.05) is 31.7 Å². The Bertz CT molecular complexity index is 949. The number of halogens is 2. The van der Waals surface area contributed by atoms with Crippen LogP contribution in [-0.2, 0) is 17.8 Å². The summed E-state index contributed by atoms with van der Waals surface area (Å²) in [6, 6.07) is 2.79. The molecule has 3 heterocycles. The van der Waals surface area contributed by atoms with Gasteiger partial charge in [0.05, 0.1) is 18.9 Å². The standard InChI is InChI=1S/C19H23F2N5OS/c20-14-10-13-2-1-5-24(17(13)16(21)11-14)12-25-19(28)26(15-3-4-15)18(22-25)23-6-8-27-9-7-23/h10-11,15H,1-9,12H2. The number of hydrogen-bond acceptors (Lipinski definition) is 5. The summed E-state index contributed by atoms with van der Waals surface area (Å²) in [5, 5.41) is 4.82. The van der Waals surface area contributed by atoms with Crippen molar-refractivity contribution in [2.45, 2.75) is 38.4 Å². The van der Waals surface area contributed by atoms with E-state index in [0.29, 0.717) is 54.9 Å². The Morgan fingerprint density at radius 2 is 1.93 bits per heavy atom. The molecule has 2 aromatic rings. The lowest BCUT2D eigenvalue weighted by molar-refractivity contribution is 0.121. The van der Waals surface area contributed by atoms with Crippen LogP contribution >= 0.6 is 12.2 Å². The van der Waals surface area contributed by atoms with Crippen LogP contribution in [0, 0.1) is 16.4 Å². The predicted molar refractivity (Wildman–Crippen MR) is 104 cm³/mol. The maximum absolute atomic E-state index is 14.5. The highest BCUT2D eigenvalue weighted by Gasteiger charge is 2.32. The average Bonchev–Trinajstić information content (AvgIpc) is 3.47. The molecule has 2 aliphatic heterocycles. The van der Waals surface area contributed by atoms with E-state index >= 15 is 0 Å². The Morgan fingerprint density at radius 1 is 1.14 bits per heavy atom. The van der Waals surface area contributed by atoms with Gasteiger partial charge in [0.15, 0.2) is 0 Å². The summed E-state index contributed by atoms with van der Waals surface area (Å²) in [5.74, 6) is -0.161. The molecule has 0 amide bonds. The maximum Gasteiger partial charge on any atom is 0.226 e. The number of anilines is 2. The van der Waals surface area contributed by atoms with Crippen molar-refractivity contribution < 1.29 is 13.5 Å². The molecule has 5 rings (SSSR count).